The third-order valence-corrected chi connectivity index (χ3v) is 2.68. The maximum atomic E-state index is 12.9. The van der Waals surface area contributed by atoms with Crippen LogP contribution in [0.2, 0.25) is 0 Å². The van der Waals surface area contributed by atoms with Crippen molar-refractivity contribution in [3.8, 4) is 16.9 Å². The van der Waals surface area contributed by atoms with E-state index in [1.54, 1.807) is 30.3 Å². The van der Waals surface area contributed by atoms with E-state index in [0.29, 0.717) is 16.8 Å². The largest absolute Gasteiger partial charge is 0.496 e. The molecule has 0 aliphatic rings. The maximum Gasteiger partial charge on any atom is 0.488 e. The Bertz CT molecular complexity index is 540. The van der Waals surface area contributed by atoms with E-state index >= 15 is 0 Å². The van der Waals surface area contributed by atoms with Crippen LogP contribution in [-0.2, 0) is 0 Å². The van der Waals surface area contributed by atoms with E-state index in [1.807, 2.05) is 0 Å². The standard InChI is InChI=1S/C13H12BFO3/c1-18-13-7-4-10(14(16)17)8-12(13)9-2-5-11(15)6-3-9/h2-8,16-17H,1H3. The number of hydrogen-bond acceptors (Lipinski definition) is 3. The van der Waals surface area contributed by atoms with E-state index in [0.717, 1.165) is 5.56 Å². The van der Waals surface area contributed by atoms with Crippen LogP contribution in [0.25, 0.3) is 11.1 Å². The highest BCUT2D eigenvalue weighted by atomic mass is 19.1. The summed E-state index contributed by atoms with van der Waals surface area (Å²) in [5, 5.41) is 18.3. The zero-order valence-electron chi connectivity index (χ0n) is 9.80. The minimum Gasteiger partial charge on any atom is -0.496 e. The lowest BCUT2D eigenvalue weighted by Gasteiger charge is -2.10. The van der Waals surface area contributed by atoms with Crippen LogP contribution in [0.4, 0.5) is 4.39 Å². The predicted molar refractivity (Wildman–Crippen MR) is 68.2 cm³/mol. The van der Waals surface area contributed by atoms with Gasteiger partial charge in [-0.15, -0.1) is 0 Å². The van der Waals surface area contributed by atoms with Crippen molar-refractivity contribution in [2.24, 2.45) is 0 Å². The van der Waals surface area contributed by atoms with E-state index < -0.39 is 7.12 Å². The first-order valence-electron chi connectivity index (χ1n) is 5.42. The van der Waals surface area contributed by atoms with Crippen molar-refractivity contribution < 1.29 is 19.2 Å². The van der Waals surface area contributed by atoms with E-state index in [2.05, 4.69) is 0 Å². The maximum absolute atomic E-state index is 12.9. The van der Waals surface area contributed by atoms with Gasteiger partial charge in [0, 0.05) is 5.56 Å². The van der Waals surface area contributed by atoms with E-state index in [1.165, 1.54) is 19.2 Å². The molecule has 0 bridgehead atoms. The second-order valence-corrected chi connectivity index (χ2v) is 3.84. The van der Waals surface area contributed by atoms with Gasteiger partial charge in [-0.25, -0.2) is 4.39 Å². The molecule has 3 nitrogen and oxygen atoms in total. The Balaban J connectivity index is 2.53. The van der Waals surface area contributed by atoms with Gasteiger partial charge >= 0.3 is 7.12 Å². The third-order valence-electron chi connectivity index (χ3n) is 2.68. The molecule has 0 amide bonds. The molecule has 0 aromatic heterocycles. The van der Waals surface area contributed by atoms with Crippen molar-refractivity contribution in [3.63, 3.8) is 0 Å². The molecule has 0 fully saturated rings. The molecule has 0 atom stereocenters. The highest BCUT2D eigenvalue weighted by molar-refractivity contribution is 6.58. The van der Waals surface area contributed by atoms with Gasteiger partial charge in [0.1, 0.15) is 11.6 Å². The smallest absolute Gasteiger partial charge is 0.488 e. The summed E-state index contributed by atoms with van der Waals surface area (Å²) >= 11 is 0. The van der Waals surface area contributed by atoms with Gasteiger partial charge in [-0.2, -0.15) is 0 Å². The molecule has 0 radical (unpaired) electrons. The summed E-state index contributed by atoms with van der Waals surface area (Å²) in [5.74, 6) is 0.266. The quantitative estimate of drug-likeness (QED) is 0.799. The summed E-state index contributed by atoms with van der Waals surface area (Å²) in [6.45, 7) is 0. The minimum atomic E-state index is -1.55. The first kappa shape index (κ1) is 12.6. The van der Waals surface area contributed by atoms with Crippen molar-refractivity contribution in [1.82, 2.24) is 0 Å². The van der Waals surface area contributed by atoms with Crippen LogP contribution in [0.1, 0.15) is 0 Å². The van der Waals surface area contributed by atoms with E-state index in [4.69, 9.17) is 14.8 Å². The summed E-state index contributed by atoms with van der Waals surface area (Å²) in [6.07, 6.45) is 0. The molecular weight excluding hydrogens is 234 g/mol. The minimum absolute atomic E-state index is 0.323. The highest BCUT2D eigenvalue weighted by Gasteiger charge is 2.14. The summed E-state index contributed by atoms with van der Waals surface area (Å²) in [6, 6.07) is 10.7. The number of halogens is 1. The lowest BCUT2D eigenvalue weighted by atomic mass is 9.79. The molecule has 18 heavy (non-hydrogen) atoms. The molecule has 0 aliphatic heterocycles. The van der Waals surface area contributed by atoms with Crippen LogP contribution in [0.15, 0.2) is 42.5 Å². The second-order valence-electron chi connectivity index (χ2n) is 3.84. The first-order valence-corrected chi connectivity index (χ1v) is 5.42. The number of benzene rings is 2. The molecule has 2 aromatic carbocycles. The summed E-state index contributed by atoms with van der Waals surface area (Å²) in [5.41, 5.74) is 1.79. The molecule has 92 valence electrons. The van der Waals surface area contributed by atoms with E-state index in [-0.39, 0.29) is 5.82 Å². The summed E-state index contributed by atoms with van der Waals surface area (Å²) in [7, 11) is -0.0210. The number of rotatable bonds is 3. The first-order chi connectivity index (χ1) is 8.61. The Morgan fingerprint density at radius 3 is 2.28 bits per heavy atom. The van der Waals surface area contributed by atoms with Gasteiger partial charge in [0.25, 0.3) is 0 Å². The SMILES string of the molecule is COc1ccc(B(O)O)cc1-c1ccc(F)cc1. The third kappa shape index (κ3) is 2.52. The number of methoxy groups -OCH3 is 1. The normalized spacial score (nSPS) is 10.2. The van der Waals surface area contributed by atoms with Gasteiger partial charge in [-0.05, 0) is 29.2 Å². The molecule has 5 heteroatoms. The van der Waals surface area contributed by atoms with Crippen LogP contribution in [0.3, 0.4) is 0 Å². The highest BCUT2D eigenvalue weighted by Crippen LogP contribution is 2.28. The fourth-order valence-corrected chi connectivity index (χ4v) is 1.74. The van der Waals surface area contributed by atoms with Gasteiger partial charge in [0.05, 0.1) is 7.11 Å². The molecule has 0 unspecified atom stereocenters. The molecule has 0 saturated carbocycles. The Morgan fingerprint density at radius 2 is 1.72 bits per heavy atom. The van der Waals surface area contributed by atoms with Gasteiger partial charge in [-0.1, -0.05) is 24.3 Å². The van der Waals surface area contributed by atoms with Crippen LogP contribution >= 0.6 is 0 Å². The Labute approximate surface area is 105 Å². The zero-order valence-corrected chi connectivity index (χ0v) is 9.80. The van der Waals surface area contributed by atoms with Crippen molar-refractivity contribution in [2.75, 3.05) is 7.11 Å². The zero-order chi connectivity index (χ0) is 13.1. The average molecular weight is 246 g/mol. The monoisotopic (exact) mass is 246 g/mol. The Kier molecular flexibility index (Phi) is 3.65. The van der Waals surface area contributed by atoms with Crippen molar-refractivity contribution in [2.45, 2.75) is 0 Å². The fraction of sp³-hybridized carbons (Fsp3) is 0.0769. The van der Waals surface area contributed by atoms with Crippen LogP contribution < -0.4 is 10.2 Å². The van der Waals surface area contributed by atoms with Gasteiger partial charge < -0.3 is 14.8 Å². The number of hydrogen-bond donors (Lipinski definition) is 2. The molecule has 0 spiro atoms. The summed E-state index contributed by atoms with van der Waals surface area (Å²) < 4.78 is 18.1. The molecule has 2 aromatic rings. The Morgan fingerprint density at radius 1 is 1.06 bits per heavy atom. The number of ether oxygens (including phenoxy) is 1. The lowest BCUT2D eigenvalue weighted by Crippen LogP contribution is -2.29. The molecule has 0 heterocycles. The predicted octanol–water partition coefficient (Wildman–Crippen LogP) is 1.18. The fourth-order valence-electron chi connectivity index (χ4n) is 1.74. The lowest BCUT2D eigenvalue weighted by molar-refractivity contribution is 0.415. The van der Waals surface area contributed by atoms with E-state index in [9.17, 15) is 4.39 Å². The van der Waals surface area contributed by atoms with Gasteiger partial charge in [0.2, 0.25) is 0 Å². The van der Waals surface area contributed by atoms with Crippen LogP contribution in [-0.4, -0.2) is 24.3 Å². The molecule has 0 aliphatic carbocycles. The molecular formula is C13H12BFO3. The summed E-state index contributed by atoms with van der Waals surface area (Å²) in [4.78, 5) is 0. The van der Waals surface area contributed by atoms with Crippen LogP contribution in [0, 0.1) is 5.82 Å². The molecule has 0 saturated heterocycles. The average Bonchev–Trinajstić information content (AvgIpc) is 2.39. The van der Waals surface area contributed by atoms with Gasteiger partial charge in [0.15, 0.2) is 0 Å². The Hall–Kier alpha value is -1.85. The topological polar surface area (TPSA) is 49.7 Å². The van der Waals surface area contributed by atoms with Crippen molar-refractivity contribution in [1.29, 1.82) is 0 Å². The van der Waals surface area contributed by atoms with Crippen LogP contribution in [0.5, 0.6) is 5.75 Å². The molecule has 2 rings (SSSR count). The van der Waals surface area contributed by atoms with Crippen molar-refractivity contribution >= 4 is 12.6 Å². The second kappa shape index (κ2) is 5.20. The molecule has 2 N–H and O–H groups in total. The van der Waals surface area contributed by atoms with Gasteiger partial charge in [-0.3, -0.25) is 0 Å². The van der Waals surface area contributed by atoms with Crippen molar-refractivity contribution in [3.05, 3.63) is 48.3 Å².